The van der Waals surface area contributed by atoms with E-state index in [-0.39, 0.29) is 0 Å². The highest BCUT2D eigenvalue weighted by molar-refractivity contribution is 7.13. The molecule has 0 atom stereocenters. The summed E-state index contributed by atoms with van der Waals surface area (Å²) in [6.45, 7) is 4.22. The number of benzene rings is 1. The molecule has 86 valence electrons. The molecule has 17 heavy (non-hydrogen) atoms. The van der Waals surface area contributed by atoms with Crippen LogP contribution in [-0.4, -0.2) is 4.98 Å². The quantitative estimate of drug-likeness (QED) is 0.819. The van der Waals surface area contributed by atoms with Crippen LogP contribution in [0.2, 0.25) is 0 Å². The van der Waals surface area contributed by atoms with Crippen LogP contribution in [0, 0.1) is 25.2 Å². The van der Waals surface area contributed by atoms with Crippen LogP contribution in [0.3, 0.4) is 0 Å². The Bertz CT molecular complexity index is 564. The lowest BCUT2D eigenvalue weighted by Crippen LogP contribution is -1.85. The Labute approximate surface area is 106 Å². The summed E-state index contributed by atoms with van der Waals surface area (Å²) in [7, 11) is 0. The van der Waals surface area contributed by atoms with Gasteiger partial charge in [-0.25, -0.2) is 4.98 Å². The highest BCUT2D eigenvalue weighted by atomic mass is 32.1. The SMILES string of the molecule is Cc1ccc(-c2nc(CCC#N)cs2)cc1C. The topological polar surface area (TPSA) is 36.7 Å². The number of nitrogens with zero attached hydrogens (tertiary/aromatic N) is 2. The predicted molar refractivity (Wildman–Crippen MR) is 71.0 cm³/mol. The minimum Gasteiger partial charge on any atom is -0.241 e. The molecule has 0 saturated carbocycles. The fraction of sp³-hybridized carbons (Fsp3) is 0.286. The van der Waals surface area contributed by atoms with Gasteiger partial charge < -0.3 is 0 Å². The van der Waals surface area contributed by atoms with E-state index in [4.69, 9.17) is 5.26 Å². The molecule has 0 radical (unpaired) electrons. The van der Waals surface area contributed by atoms with Crippen molar-refractivity contribution in [2.24, 2.45) is 0 Å². The van der Waals surface area contributed by atoms with Crippen molar-refractivity contribution in [2.45, 2.75) is 26.7 Å². The van der Waals surface area contributed by atoms with Gasteiger partial charge in [0.1, 0.15) is 5.01 Å². The number of thiazole rings is 1. The summed E-state index contributed by atoms with van der Waals surface area (Å²) in [4.78, 5) is 4.56. The van der Waals surface area contributed by atoms with Gasteiger partial charge in [-0.15, -0.1) is 11.3 Å². The summed E-state index contributed by atoms with van der Waals surface area (Å²) < 4.78 is 0. The molecule has 0 fully saturated rings. The van der Waals surface area contributed by atoms with E-state index in [2.05, 4.69) is 43.1 Å². The largest absolute Gasteiger partial charge is 0.241 e. The molecule has 2 aromatic rings. The second-order valence-electron chi connectivity index (χ2n) is 4.10. The van der Waals surface area contributed by atoms with Crippen molar-refractivity contribution in [2.75, 3.05) is 0 Å². The summed E-state index contributed by atoms with van der Waals surface area (Å²) in [6, 6.07) is 8.55. The normalized spacial score (nSPS) is 10.2. The highest BCUT2D eigenvalue weighted by Gasteiger charge is 2.05. The molecule has 1 aromatic carbocycles. The van der Waals surface area contributed by atoms with Crippen molar-refractivity contribution in [1.29, 1.82) is 5.26 Å². The van der Waals surface area contributed by atoms with E-state index in [0.29, 0.717) is 6.42 Å². The standard InChI is InChI=1S/C14H14N2S/c1-10-5-6-12(8-11(10)2)14-16-13(9-17-14)4-3-7-15/h5-6,8-9H,3-4H2,1-2H3. The van der Waals surface area contributed by atoms with Gasteiger partial charge in [-0.2, -0.15) is 5.26 Å². The van der Waals surface area contributed by atoms with E-state index in [1.165, 1.54) is 16.7 Å². The molecule has 0 aliphatic heterocycles. The summed E-state index contributed by atoms with van der Waals surface area (Å²) in [5.41, 5.74) is 4.78. The van der Waals surface area contributed by atoms with Crippen LogP contribution in [0.1, 0.15) is 23.2 Å². The molecule has 0 unspecified atom stereocenters. The molecule has 0 aliphatic rings. The van der Waals surface area contributed by atoms with Crippen molar-refractivity contribution < 1.29 is 0 Å². The van der Waals surface area contributed by atoms with Gasteiger partial charge in [0.2, 0.25) is 0 Å². The lowest BCUT2D eigenvalue weighted by atomic mass is 10.1. The monoisotopic (exact) mass is 242 g/mol. The smallest absolute Gasteiger partial charge is 0.123 e. The van der Waals surface area contributed by atoms with Crippen LogP contribution in [0.4, 0.5) is 0 Å². The van der Waals surface area contributed by atoms with Crippen LogP contribution in [0.5, 0.6) is 0 Å². The Morgan fingerprint density at radius 3 is 2.82 bits per heavy atom. The number of hydrogen-bond acceptors (Lipinski definition) is 3. The van der Waals surface area contributed by atoms with E-state index in [1.807, 2.05) is 5.38 Å². The van der Waals surface area contributed by atoms with Gasteiger partial charge in [0, 0.05) is 23.8 Å². The first-order chi connectivity index (χ1) is 8.20. The first-order valence-corrected chi connectivity index (χ1v) is 6.47. The number of hydrogen-bond donors (Lipinski definition) is 0. The molecule has 2 rings (SSSR count). The fourth-order valence-electron chi connectivity index (χ4n) is 1.61. The molecule has 0 spiro atoms. The van der Waals surface area contributed by atoms with E-state index < -0.39 is 0 Å². The summed E-state index contributed by atoms with van der Waals surface area (Å²) in [5.74, 6) is 0. The lowest BCUT2D eigenvalue weighted by Gasteiger charge is -2.01. The molecule has 0 bridgehead atoms. The van der Waals surface area contributed by atoms with E-state index in [9.17, 15) is 0 Å². The average Bonchev–Trinajstić information content (AvgIpc) is 2.79. The third kappa shape index (κ3) is 2.72. The van der Waals surface area contributed by atoms with E-state index in [1.54, 1.807) is 11.3 Å². The molecule has 1 heterocycles. The maximum absolute atomic E-state index is 8.54. The maximum atomic E-state index is 8.54. The van der Waals surface area contributed by atoms with Crippen LogP contribution >= 0.6 is 11.3 Å². The summed E-state index contributed by atoms with van der Waals surface area (Å²) in [5, 5.41) is 11.6. The van der Waals surface area contributed by atoms with Crippen molar-refractivity contribution in [3.63, 3.8) is 0 Å². The van der Waals surface area contributed by atoms with Crippen LogP contribution in [0.15, 0.2) is 23.6 Å². The van der Waals surface area contributed by atoms with Crippen molar-refractivity contribution in [3.8, 4) is 16.6 Å². The minimum atomic E-state index is 0.538. The zero-order valence-electron chi connectivity index (χ0n) is 10.0. The number of nitriles is 1. The van der Waals surface area contributed by atoms with Gasteiger partial charge >= 0.3 is 0 Å². The van der Waals surface area contributed by atoms with Gasteiger partial charge in [0.25, 0.3) is 0 Å². The number of rotatable bonds is 3. The molecular formula is C14H14N2S. The Hall–Kier alpha value is -1.66. The molecule has 0 saturated heterocycles. The minimum absolute atomic E-state index is 0.538. The van der Waals surface area contributed by atoms with E-state index in [0.717, 1.165) is 17.1 Å². The summed E-state index contributed by atoms with van der Waals surface area (Å²) >= 11 is 1.65. The van der Waals surface area contributed by atoms with Gasteiger partial charge in [0.15, 0.2) is 0 Å². The summed E-state index contributed by atoms with van der Waals surface area (Å²) in [6.07, 6.45) is 1.29. The molecule has 0 N–H and O–H groups in total. The maximum Gasteiger partial charge on any atom is 0.123 e. The Balaban J connectivity index is 2.25. The van der Waals surface area contributed by atoms with Gasteiger partial charge in [-0.05, 0) is 31.0 Å². The first kappa shape index (κ1) is 11.8. The highest BCUT2D eigenvalue weighted by Crippen LogP contribution is 2.25. The lowest BCUT2D eigenvalue weighted by molar-refractivity contribution is 0.969. The Morgan fingerprint density at radius 2 is 2.12 bits per heavy atom. The van der Waals surface area contributed by atoms with E-state index >= 15 is 0 Å². The molecule has 0 amide bonds. The third-order valence-electron chi connectivity index (χ3n) is 2.80. The number of aromatic nitrogens is 1. The average molecular weight is 242 g/mol. The molecule has 1 aromatic heterocycles. The molecule has 2 nitrogen and oxygen atoms in total. The van der Waals surface area contributed by atoms with Crippen molar-refractivity contribution in [1.82, 2.24) is 4.98 Å². The second kappa shape index (κ2) is 5.11. The van der Waals surface area contributed by atoms with Crippen LogP contribution < -0.4 is 0 Å². The van der Waals surface area contributed by atoms with Gasteiger partial charge in [-0.1, -0.05) is 12.1 Å². The van der Waals surface area contributed by atoms with Crippen LogP contribution in [-0.2, 0) is 6.42 Å². The van der Waals surface area contributed by atoms with Crippen LogP contribution in [0.25, 0.3) is 10.6 Å². The predicted octanol–water partition coefficient (Wildman–Crippen LogP) is 3.88. The Morgan fingerprint density at radius 1 is 1.29 bits per heavy atom. The zero-order valence-corrected chi connectivity index (χ0v) is 10.8. The van der Waals surface area contributed by atoms with Gasteiger partial charge in [-0.3, -0.25) is 0 Å². The Kier molecular flexibility index (Phi) is 3.55. The third-order valence-corrected chi connectivity index (χ3v) is 3.74. The number of aryl methyl sites for hydroxylation is 3. The van der Waals surface area contributed by atoms with Gasteiger partial charge in [0.05, 0.1) is 11.8 Å². The van der Waals surface area contributed by atoms with Crippen molar-refractivity contribution in [3.05, 3.63) is 40.4 Å². The first-order valence-electron chi connectivity index (χ1n) is 5.59. The molecule has 3 heteroatoms. The van der Waals surface area contributed by atoms with Crippen molar-refractivity contribution >= 4 is 11.3 Å². The zero-order chi connectivity index (χ0) is 12.3. The fourth-order valence-corrected chi connectivity index (χ4v) is 2.46. The molecule has 0 aliphatic carbocycles. The molecular weight excluding hydrogens is 228 g/mol. The second-order valence-corrected chi connectivity index (χ2v) is 4.96.